The third-order valence-electron chi connectivity index (χ3n) is 7.56. The average molecular weight is 488 g/mol. The topological polar surface area (TPSA) is 30.5 Å². The van der Waals surface area contributed by atoms with E-state index in [1.54, 1.807) is 0 Å². The van der Waals surface area contributed by atoms with Gasteiger partial charge in [0.25, 0.3) is 0 Å². The largest absolute Gasteiger partial charge is 0.491 e. The summed E-state index contributed by atoms with van der Waals surface area (Å²) in [5.41, 5.74) is 6.19. The van der Waals surface area contributed by atoms with E-state index >= 15 is 0 Å². The molecule has 1 aliphatic heterocycles. The number of anilines is 1. The number of aryl methyl sites for hydroxylation is 1. The summed E-state index contributed by atoms with van der Waals surface area (Å²) < 4.78 is 12.7. The highest BCUT2D eigenvalue weighted by Crippen LogP contribution is 2.53. The van der Waals surface area contributed by atoms with Crippen molar-refractivity contribution in [1.29, 1.82) is 0 Å². The van der Waals surface area contributed by atoms with Gasteiger partial charge >= 0.3 is 0 Å². The minimum Gasteiger partial charge on any atom is -0.491 e. The molecule has 186 valence electrons. The molecule has 1 aliphatic carbocycles. The van der Waals surface area contributed by atoms with Crippen LogP contribution in [0.25, 0.3) is 0 Å². The highest BCUT2D eigenvalue weighted by atomic mass is 16.5. The highest BCUT2D eigenvalue weighted by molar-refractivity contribution is 5.68. The smallest absolute Gasteiger partial charge is 0.142 e. The van der Waals surface area contributed by atoms with E-state index < -0.39 is 0 Å². The van der Waals surface area contributed by atoms with Gasteiger partial charge in [0.05, 0.1) is 18.3 Å². The van der Waals surface area contributed by atoms with Crippen molar-refractivity contribution in [2.45, 2.75) is 37.8 Å². The first-order valence-corrected chi connectivity index (χ1v) is 13.4. The molecule has 0 saturated carbocycles. The first-order valence-electron chi connectivity index (χ1n) is 13.4. The Morgan fingerprint density at radius 3 is 2.22 bits per heavy atom. The Hall–Kier alpha value is -3.98. The SMILES string of the molecule is C1=CC2c3cccc(OCCCc4ccccc4)c3NC(c3ccccc3OCc3ccccc3)C2C1. The summed E-state index contributed by atoms with van der Waals surface area (Å²) in [6.07, 6.45) is 7.77. The van der Waals surface area contributed by atoms with Gasteiger partial charge in [-0.05, 0) is 54.0 Å². The Kier molecular flexibility index (Phi) is 6.94. The number of hydrogen-bond acceptors (Lipinski definition) is 3. The predicted molar refractivity (Wildman–Crippen MR) is 150 cm³/mol. The lowest BCUT2D eigenvalue weighted by atomic mass is 9.76. The zero-order valence-corrected chi connectivity index (χ0v) is 21.1. The quantitative estimate of drug-likeness (QED) is 0.191. The van der Waals surface area contributed by atoms with E-state index in [9.17, 15) is 0 Å². The van der Waals surface area contributed by atoms with E-state index in [2.05, 4.69) is 115 Å². The Labute approximate surface area is 219 Å². The summed E-state index contributed by atoms with van der Waals surface area (Å²) in [4.78, 5) is 0. The van der Waals surface area contributed by atoms with E-state index in [0.29, 0.717) is 25.0 Å². The number of nitrogens with one attached hydrogen (secondary N) is 1. The van der Waals surface area contributed by atoms with E-state index in [4.69, 9.17) is 9.47 Å². The monoisotopic (exact) mass is 487 g/mol. The van der Waals surface area contributed by atoms with E-state index in [1.165, 1.54) is 22.3 Å². The van der Waals surface area contributed by atoms with Crippen molar-refractivity contribution in [3.8, 4) is 11.5 Å². The summed E-state index contributed by atoms with van der Waals surface area (Å²) in [6, 6.07) is 36.1. The van der Waals surface area contributed by atoms with Gasteiger partial charge in [0, 0.05) is 11.5 Å². The molecule has 0 fully saturated rings. The maximum atomic E-state index is 6.38. The van der Waals surface area contributed by atoms with Crippen LogP contribution in [0.4, 0.5) is 5.69 Å². The van der Waals surface area contributed by atoms with Crippen molar-refractivity contribution < 1.29 is 9.47 Å². The molecule has 0 bridgehead atoms. The van der Waals surface area contributed by atoms with Gasteiger partial charge in [-0.1, -0.05) is 103 Å². The molecule has 0 saturated heterocycles. The zero-order chi connectivity index (χ0) is 24.9. The third-order valence-corrected chi connectivity index (χ3v) is 7.56. The van der Waals surface area contributed by atoms with Crippen molar-refractivity contribution in [3.63, 3.8) is 0 Å². The Bertz CT molecular complexity index is 1350. The summed E-state index contributed by atoms with van der Waals surface area (Å²) in [6.45, 7) is 1.25. The van der Waals surface area contributed by atoms with Crippen LogP contribution in [0.5, 0.6) is 11.5 Å². The van der Waals surface area contributed by atoms with Gasteiger partial charge in [-0.2, -0.15) is 0 Å². The first kappa shape index (κ1) is 23.4. The highest BCUT2D eigenvalue weighted by Gasteiger charge is 2.40. The Morgan fingerprint density at radius 1 is 0.676 bits per heavy atom. The fourth-order valence-corrected chi connectivity index (χ4v) is 5.73. The molecule has 4 aromatic carbocycles. The van der Waals surface area contributed by atoms with Crippen LogP contribution >= 0.6 is 0 Å². The van der Waals surface area contributed by atoms with Crippen LogP contribution in [0.15, 0.2) is 115 Å². The van der Waals surface area contributed by atoms with Gasteiger partial charge in [0.1, 0.15) is 18.1 Å². The molecule has 3 heteroatoms. The number of allylic oxidation sites excluding steroid dienone is 2. The van der Waals surface area contributed by atoms with Crippen molar-refractivity contribution in [1.82, 2.24) is 0 Å². The second-order valence-corrected chi connectivity index (χ2v) is 9.95. The van der Waals surface area contributed by atoms with Crippen molar-refractivity contribution in [3.05, 3.63) is 138 Å². The Morgan fingerprint density at radius 2 is 1.38 bits per heavy atom. The van der Waals surface area contributed by atoms with Crippen LogP contribution in [0.3, 0.4) is 0 Å². The molecular formula is C34H33NO2. The lowest BCUT2D eigenvalue weighted by Crippen LogP contribution is -2.29. The normalized spacial score (nSPS) is 19.5. The van der Waals surface area contributed by atoms with Crippen LogP contribution in [-0.4, -0.2) is 6.61 Å². The molecule has 1 N–H and O–H groups in total. The average Bonchev–Trinajstić information content (AvgIpc) is 3.46. The van der Waals surface area contributed by atoms with Crippen LogP contribution in [0, 0.1) is 5.92 Å². The van der Waals surface area contributed by atoms with E-state index in [0.717, 1.165) is 36.4 Å². The molecule has 0 spiro atoms. The molecule has 37 heavy (non-hydrogen) atoms. The van der Waals surface area contributed by atoms with Crippen molar-refractivity contribution >= 4 is 5.69 Å². The minimum atomic E-state index is 0.147. The minimum absolute atomic E-state index is 0.147. The van der Waals surface area contributed by atoms with Gasteiger partial charge in [-0.3, -0.25) is 0 Å². The molecule has 3 nitrogen and oxygen atoms in total. The lowest BCUT2D eigenvalue weighted by Gasteiger charge is -2.38. The molecule has 0 amide bonds. The lowest BCUT2D eigenvalue weighted by molar-refractivity contribution is 0.294. The second kappa shape index (κ2) is 11.0. The second-order valence-electron chi connectivity index (χ2n) is 9.95. The van der Waals surface area contributed by atoms with Crippen molar-refractivity contribution in [2.24, 2.45) is 5.92 Å². The number of fused-ring (bicyclic) bond motifs is 3. The number of rotatable bonds is 9. The van der Waals surface area contributed by atoms with Gasteiger partial charge < -0.3 is 14.8 Å². The molecule has 3 unspecified atom stereocenters. The fraction of sp³-hybridized carbons (Fsp3) is 0.235. The molecule has 3 atom stereocenters. The van der Waals surface area contributed by atoms with Crippen molar-refractivity contribution in [2.75, 3.05) is 11.9 Å². The number of hydrogen-bond donors (Lipinski definition) is 1. The van der Waals surface area contributed by atoms with Crippen LogP contribution in [-0.2, 0) is 13.0 Å². The number of para-hydroxylation sites is 2. The maximum Gasteiger partial charge on any atom is 0.142 e. The maximum absolute atomic E-state index is 6.38. The van der Waals surface area contributed by atoms with Gasteiger partial charge in [0.15, 0.2) is 0 Å². The Balaban J connectivity index is 1.22. The predicted octanol–water partition coefficient (Wildman–Crippen LogP) is 8.10. The third kappa shape index (κ3) is 5.13. The summed E-state index contributed by atoms with van der Waals surface area (Å²) >= 11 is 0. The molecule has 4 aromatic rings. The van der Waals surface area contributed by atoms with E-state index in [-0.39, 0.29) is 6.04 Å². The molecular weight excluding hydrogens is 454 g/mol. The van der Waals surface area contributed by atoms with Crippen LogP contribution in [0.2, 0.25) is 0 Å². The summed E-state index contributed by atoms with van der Waals surface area (Å²) in [5.74, 6) is 2.70. The van der Waals surface area contributed by atoms with Gasteiger partial charge in [-0.15, -0.1) is 0 Å². The number of ether oxygens (including phenoxy) is 2. The summed E-state index contributed by atoms with van der Waals surface area (Å²) in [7, 11) is 0. The number of benzene rings is 4. The standard InChI is InChI=1S/C34H33NO2/c1-3-12-25(13-4-1)16-11-23-36-32-22-10-20-29-27-18-9-19-28(27)33(35-34(29)32)30-17-7-8-21-31(30)37-24-26-14-5-2-6-15-26/h1-10,12-15,17-18,20-22,27-28,33,35H,11,16,19,23-24H2. The molecule has 2 aliphatic rings. The van der Waals surface area contributed by atoms with Crippen LogP contribution < -0.4 is 14.8 Å². The van der Waals surface area contributed by atoms with Gasteiger partial charge in [-0.25, -0.2) is 0 Å². The zero-order valence-electron chi connectivity index (χ0n) is 21.1. The fourth-order valence-electron chi connectivity index (χ4n) is 5.73. The molecule has 0 aromatic heterocycles. The summed E-state index contributed by atoms with van der Waals surface area (Å²) in [5, 5.41) is 3.91. The van der Waals surface area contributed by atoms with E-state index in [1.807, 2.05) is 6.07 Å². The first-order chi connectivity index (χ1) is 18.4. The molecule has 0 radical (unpaired) electrons. The molecule has 1 heterocycles. The van der Waals surface area contributed by atoms with Gasteiger partial charge in [0.2, 0.25) is 0 Å². The molecule has 6 rings (SSSR count). The van der Waals surface area contributed by atoms with Crippen LogP contribution in [0.1, 0.15) is 47.1 Å².